The van der Waals surface area contributed by atoms with Crippen LogP contribution in [0, 0.1) is 0 Å². The fourth-order valence-corrected chi connectivity index (χ4v) is 8.71. The van der Waals surface area contributed by atoms with E-state index in [0.29, 0.717) is 0 Å². The van der Waals surface area contributed by atoms with Crippen molar-refractivity contribution in [3.63, 3.8) is 0 Å². The van der Waals surface area contributed by atoms with Crippen molar-refractivity contribution in [2.24, 2.45) is 0 Å². The maximum Gasteiger partial charge on any atom is 0.233 e. The summed E-state index contributed by atoms with van der Waals surface area (Å²) in [6.07, 6.45) is 2.12. The highest BCUT2D eigenvalue weighted by atomic mass is 32.2. The second-order valence-corrected chi connectivity index (χ2v) is 20.1. The van der Waals surface area contributed by atoms with Crippen molar-refractivity contribution in [1.29, 1.82) is 0 Å². The predicted molar refractivity (Wildman–Crippen MR) is 252 cm³/mol. The molecule has 6 rings (SSSR count). The minimum Gasteiger partial charge on any atom is -0.744 e. The zero-order valence-corrected chi connectivity index (χ0v) is 40.1. The van der Waals surface area contributed by atoms with E-state index in [9.17, 15) is 72.3 Å². The Hall–Kier alpha value is -7.08. The molecule has 0 radical (unpaired) electrons. The van der Waals surface area contributed by atoms with Gasteiger partial charge in [0.1, 0.15) is 40.5 Å². The van der Waals surface area contributed by atoms with E-state index in [1.54, 1.807) is 0 Å². The van der Waals surface area contributed by atoms with Crippen LogP contribution in [0.25, 0.3) is 12.2 Å². The molecule has 0 unspecified atom stereocenters. The van der Waals surface area contributed by atoms with Gasteiger partial charge in [0.05, 0.1) is 46.0 Å². The Morgan fingerprint density at radius 3 is 0.944 bits per heavy atom. The van der Waals surface area contributed by atoms with Crippen molar-refractivity contribution in [2.45, 2.75) is 19.6 Å². The van der Waals surface area contributed by atoms with E-state index in [-0.39, 0.29) is 95.7 Å². The number of hydrogen-bond acceptors (Lipinski definition) is 28. The molecule has 2 heterocycles. The molecular weight excluding hydrogens is 1030 g/mol. The summed E-state index contributed by atoms with van der Waals surface area (Å²) in [5.74, 6) is -1.12. The van der Waals surface area contributed by atoms with Gasteiger partial charge >= 0.3 is 0 Å². The van der Waals surface area contributed by atoms with Crippen LogP contribution in [0.3, 0.4) is 0 Å². The molecular formula is C40H40N12O16S4-4. The topological polar surface area (TPSA) is 442 Å². The van der Waals surface area contributed by atoms with E-state index < -0.39 is 86.5 Å². The standard InChI is InChI=1S/C40H44N12O16S4/c53-19-15-51(16-20-54)39-47-35(41-27-7-11-31(12-8-27)69(57,58)59)45-37(49-39)43-29-5-3-25(33(23-29)71(63,64)65)1-2-26-4-6-30(24-34(26)72(66,67)68)44-38-46-36(48-40(50-38)52(17-21-55)18-22-56)42-28-9-13-32(14-10-28)70(60,61)62/h1-14,23-24,53-56H,15-22H2,(H,57,58,59)(H,60,61,62)(H,63,64,65)(H,66,67,68)(H2,41,43,45,47,49)(H2,42,44,46,48,50)/p-4. The first-order chi connectivity index (χ1) is 34.0. The second kappa shape index (κ2) is 23.0. The van der Waals surface area contributed by atoms with E-state index in [2.05, 4.69) is 51.2 Å². The van der Waals surface area contributed by atoms with Gasteiger partial charge in [-0.15, -0.1) is 0 Å². The molecule has 2 aromatic heterocycles. The second-order valence-electron chi connectivity index (χ2n) is 14.6. The first-order valence-corrected chi connectivity index (χ1v) is 26.1. The normalized spacial score (nSPS) is 12.2. The van der Waals surface area contributed by atoms with Crippen LogP contribution >= 0.6 is 0 Å². The highest BCUT2D eigenvalue weighted by Crippen LogP contribution is 2.30. The molecule has 28 nitrogen and oxygen atoms in total. The van der Waals surface area contributed by atoms with Gasteiger partial charge in [-0.25, -0.2) is 33.7 Å². The van der Waals surface area contributed by atoms with Gasteiger partial charge in [0.15, 0.2) is 0 Å². The monoisotopic (exact) mass is 1070 g/mol. The molecule has 0 saturated heterocycles. The molecule has 72 heavy (non-hydrogen) atoms. The molecule has 0 atom stereocenters. The molecule has 0 spiro atoms. The molecule has 32 heteroatoms. The van der Waals surface area contributed by atoms with E-state index in [0.717, 1.165) is 48.6 Å². The number of hydrogen-bond donors (Lipinski definition) is 8. The minimum atomic E-state index is -5.30. The molecule has 8 N–H and O–H groups in total. The molecule has 0 fully saturated rings. The summed E-state index contributed by atoms with van der Waals surface area (Å²) >= 11 is 0. The smallest absolute Gasteiger partial charge is 0.233 e. The number of benzene rings is 4. The Morgan fingerprint density at radius 1 is 0.403 bits per heavy atom. The molecule has 0 aliphatic carbocycles. The molecule has 0 amide bonds. The van der Waals surface area contributed by atoms with Crippen molar-refractivity contribution in [2.75, 3.05) is 83.7 Å². The SMILES string of the molecule is O=S(=O)([O-])c1ccc(Nc2nc(Nc3ccc(C=Cc4ccc(Nc5nc(Nc6ccc(S(=O)(=O)[O-])cc6)nc(N(CCO)CCO)n5)cc4S(=O)(=O)[O-])c(S(=O)(=O)[O-])c3)nc(N(CCO)CCO)n2)cc1. The fourth-order valence-electron chi connectivity index (χ4n) is 6.38. The number of aliphatic hydroxyl groups excluding tert-OH is 4. The average molecular weight is 1070 g/mol. The largest absolute Gasteiger partial charge is 0.744 e. The first-order valence-electron chi connectivity index (χ1n) is 20.5. The lowest BCUT2D eigenvalue weighted by Gasteiger charge is -2.22. The number of anilines is 10. The van der Waals surface area contributed by atoms with Gasteiger partial charge in [0.2, 0.25) is 35.7 Å². The highest BCUT2D eigenvalue weighted by molar-refractivity contribution is 7.86. The Kier molecular flexibility index (Phi) is 17.3. The Morgan fingerprint density at radius 2 is 0.681 bits per heavy atom. The quantitative estimate of drug-likeness (QED) is 0.0300. The zero-order chi connectivity index (χ0) is 52.4. The molecule has 0 aliphatic heterocycles. The van der Waals surface area contributed by atoms with Gasteiger partial charge in [-0.1, -0.05) is 24.3 Å². The molecule has 6 aromatic rings. The van der Waals surface area contributed by atoms with Crippen molar-refractivity contribution in [1.82, 2.24) is 29.9 Å². The van der Waals surface area contributed by atoms with Gasteiger partial charge in [-0.2, -0.15) is 29.9 Å². The summed E-state index contributed by atoms with van der Waals surface area (Å²) in [5, 5.41) is 49.6. The van der Waals surface area contributed by atoms with Crippen molar-refractivity contribution >= 4 is 111 Å². The van der Waals surface area contributed by atoms with Gasteiger partial charge in [0.25, 0.3) is 0 Å². The van der Waals surface area contributed by atoms with E-state index in [1.807, 2.05) is 0 Å². The van der Waals surface area contributed by atoms with Crippen molar-refractivity contribution in [3.8, 4) is 0 Å². The van der Waals surface area contributed by atoms with Crippen LogP contribution < -0.4 is 31.1 Å². The number of rotatable bonds is 24. The van der Waals surface area contributed by atoms with Crippen LogP contribution in [0.4, 0.5) is 58.4 Å². The molecule has 0 aliphatic rings. The van der Waals surface area contributed by atoms with Gasteiger partial charge in [0, 0.05) is 48.9 Å². The lowest BCUT2D eigenvalue weighted by Crippen LogP contribution is -2.31. The summed E-state index contributed by atoms with van der Waals surface area (Å²) in [5.41, 5.74) is -0.253. The highest BCUT2D eigenvalue weighted by Gasteiger charge is 2.19. The number of nitrogens with zero attached hydrogens (tertiary/aromatic N) is 8. The first kappa shape index (κ1) is 54.3. The third kappa shape index (κ3) is 14.7. The number of nitrogens with one attached hydrogen (secondary N) is 4. The van der Waals surface area contributed by atoms with Crippen LogP contribution in [-0.4, -0.2) is 155 Å². The third-order valence-electron chi connectivity index (χ3n) is 9.61. The van der Waals surface area contributed by atoms with Gasteiger partial charge < -0.3 is 69.7 Å². The van der Waals surface area contributed by atoms with Crippen LogP contribution in [0.2, 0.25) is 0 Å². The van der Waals surface area contributed by atoms with Crippen LogP contribution in [0.1, 0.15) is 11.1 Å². The van der Waals surface area contributed by atoms with Crippen molar-refractivity contribution < 1.29 is 72.3 Å². The predicted octanol–water partition coefficient (Wildman–Crippen LogP) is 0.400. The van der Waals surface area contributed by atoms with Crippen LogP contribution in [0.15, 0.2) is 105 Å². The molecule has 384 valence electrons. The summed E-state index contributed by atoms with van der Waals surface area (Å²) < 4.78 is 144. The van der Waals surface area contributed by atoms with Crippen LogP contribution in [-0.2, 0) is 40.5 Å². The molecule has 4 aromatic carbocycles. The Balaban J connectivity index is 1.31. The Bertz CT molecular complexity index is 3160. The van der Waals surface area contributed by atoms with Gasteiger partial charge in [-0.3, -0.25) is 0 Å². The summed E-state index contributed by atoms with van der Waals surface area (Å²) in [4.78, 5) is 25.7. The van der Waals surface area contributed by atoms with E-state index in [1.165, 1.54) is 58.3 Å². The molecule has 0 saturated carbocycles. The van der Waals surface area contributed by atoms with Gasteiger partial charge in [-0.05, 0) is 83.9 Å². The van der Waals surface area contributed by atoms with E-state index >= 15 is 0 Å². The maximum atomic E-state index is 12.6. The van der Waals surface area contributed by atoms with Crippen molar-refractivity contribution in [3.05, 3.63) is 96.1 Å². The number of aromatic nitrogens is 6. The summed E-state index contributed by atoms with van der Waals surface area (Å²) in [7, 11) is -20.1. The summed E-state index contributed by atoms with van der Waals surface area (Å²) in [6, 6.07) is 15.9. The molecule has 0 bridgehead atoms. The van der Waals surface area contributed by atoms with E-state index in [4.69, 9.17) is 0 Å². The summed E-state index contributed by atoms with van der Waals surface area (Å²) in [6.45, 7) is -1.84. The maximum absolute atomic E-state index is 12.6. The zero-order valence-electron chi connectivity index (χ0n) is 36.8. The average Bonchev–Trinajstić information content (AvgIpc) is 3.30. The minimum absolute atomic E-state index is 0.0643. The lowest BCUT2D eigenvalue weighted by atomic mass is 10.1. The van der Waals surface area contributed by atoms with Crippen LogP contribution in [0.5, 0.6) is 0 Å². The third-order valence-corrected chi connectivity index (χ3v) is 13.1. The fraction of sp³-hybridized carbons (Fsp3) is 0.200. The number of aliphatic hydroxyl groups is 4. The Labute approximate surface area is 410 Å². The lowest BCUT2D eigenvalue weighted by molar-refractivity contribution is 0.279.